The minimum Gasteiger partial charge on any atom is -0.445 e. The molecule has 0 spiro atoms. The predicted molar refractivity (Wildman–Crippen MR) is 135 cm³/mol. The van der Waals surface area contributed by atoms with Gasteiger partial charge in [-0.3, -0.25) is 10.1 Å². The summed E-state index contributed by atoms with van der Waals surface area (Å²) >= 11 is 0. The summed E-state index contributed by atoms with van der Waals surface area (Å²) in [6, 6.07) is 7.54. The summed E-state index contributed by atoms with van der Waals surface area (Å²) in [6.45, 7) is 7.66. The number of aliphatic hydroxyl groups excluding tert-OH is 2. The van der Waals surface area contributed by atoms with E-state index in [1.54, 1.807) is 0 Å². The van der Waals surface area contributed by atoms with Gasteiger partial charge in [-0.1, -0.05) is 31.5 Å². The lowest BCUT2D eigenvalue weighted by Crippen LogP contribution is -2.61. The van der Waals surface area contributed by atoms with Crippen LogP contribution in [-0.2, 0) is 9.53 Å². The number of carbonyl (C=O) groups excluding carboxylic acids is 2. The lowest BCUT2D eigenvalue weighted by Gasteiger charge is -2.60. The van der Waals surface area contributed by atoms with Crippen LogP contribution in [-0.4, -0.2) is 59.0 Å². The smallest absolute Gasteiger partial charge is 0.411 e. The molecule has 4 rings (SSSR count). The molecule has 1 aromatic rings. The van der Waals surface area contributed by atoms with Crippen molar-refractivity contribution in [1.82, 2.24) is 4.90 Å². The number of aryl methyl sites for hydroxylation is 1. The number of likely N-dealkylation sites (tertiary alicyclic amines) is 1. The standard InChI is InChI=1S/C28H42N2O5/c1-19-7-9-20(10-8-19)29-26(34)35-24-13-14-27(2)21(17-25(33)30-15-5-4-6-16-30)22(32)11-12-23(27)28(24,3)18-31/h7-10,21-24,31-32H,4-6,11-18H2,1-3H3,(H,29,34). The van der Waals surface area contributed by atoms with E-state index in [4.69, 9.17) is 4.74 Å². The van der Waals surface area contributed by atoms with Gasteiger partial charge in [-0.25, -0.2) is 4.79 Å². The van der Waals surface area contributed by atoms with Crippen molar-refractivity contribution < 1.29 is 24.5 Å². The van der Waals surface area contributed by atoms with Crippen molar-refractivity contribution in [2.75, 3.05) is 25.0 Å². The number of hydrogen-bond donors (Lipinski definition) is 3. The molecule has 1 aliphatic heterocycles. The average Bonchev–Trinajstić information content (AvgIpc) is 2.85. The molecule has 1 heterocycles. The highest BCUT2D eigenvalue weighted by Crippen LogP contribution is 2.61. The second-order valence-electron chi connectivity index (χ2n) is 11.5. The van der Waals surface area contributed by atoms with Gasteiger partial charge in [0.1, 0.15) is 6.10 Å². The molecule has 1 aromatic carbocycles. The maximum Gasteiger partial charge on any atom is 0.411 e. The maximum absolute atomic E-state index is 13.2. The third-order valence-corrected chi connectivity index (χ3v) is 9.33. The van der Waals surface area contributed by atoms with Crippen molar-refractivity contribution in [3.8, 4) is 0 Å². The Labute approximate surface area is 209 Å². The quantitative estimate of drug-likeness (QED) is 0.569. The van der Waals surface area contributed by atoms with Gasteiger partial charge >= 0.3 is 6.09 Å². The molecule has 0 aromatic heterocycles. The molecule has 3 aliphatic rings. The largest absolute Gasteiger partial charge is 0.445 e. The van der Waals surface area contributed by atoms with E-state index in [0.717, 1.165) is 44.3 Å². The molecule has 0 radical (unpaired) electrons. The zero-order valence-corrected chi connectivity index (χ0v) is 21.5. The first-order chi connectivity index (χ1) is 16.7. The van der Waals surface area contributed by atoms with Crippen LogP contribution in [0.25, 0.3) is 0 Å². The summed E-state index contributed by atoms with van der Waals surface area (Å²) in [4.78, 5) is 27.8. The fourth-order valence-electron chi connectivity index (χ4n) is 7.15. The Morgan fingerprint density at radius 3 is 2.43 bits per heavy atom. The van der Waals surface area contributed by atoms with Gasteiger partial charge in [0.15, 0.2) is 0 Å². The monoisotopic (exact) mass is 486 g/mol. The molecule has 3 N–H and O–H groups in total. The van der Waals surface area contributed by atoms with E-state index in [-0.39, 0.29) is 29.8 Å². The van der Waals surface area contributed by atoms with Crippen LogP contribution in [0, 0.1) is 29.6 Å². The number of rotatable bonds is 5. The number of ether oxygens (including phenoxy) is 1. The van der Waals surface area contributed by atoms with Gasteiger partial charge in [-0.15, -0.1) is 0 Å². The number of piperidine rings is 1. The molecular formula is C28H42N2O5. The Kier molecular flexibility index (Phi) is 7.77. The summed E-state index contributed by atoms with van der Waals surface area (Å²) in [7, 11) is 0. The maximum atomic E-state index is 13.2. The number of benzene rings is 1. The van der Waals surface area contributed by atoms with Gasteiger partial charge in [-0.2, -0.15) is 0 Å². The van der Waals surface area contributed by atoms with Crippen LogP contribution < -0.4 is 5.32 Å². The minimum absolute atomic E-state index is 0.0356. The molecule has 3 fully saturated rings. The predicted octanol–water partition coefficient (Wildman–Crippen LogP) is 4.50. The van der Waals surface area contributed by atoms with E-state index in [0.29, 0.717) is 24.9 Å². The number of hydrogen-bond acceptors (Lipinski definition) is 5. The third-order valence-electron chi connectivity index (χ3n) is 9.33. The number of anilines is 1. The van der Waals surface area contributed by atoms with Gasteiger partial charge in [0.05, 0.1) is 12.7 Å². The second-order valence-corrected chi connectivity index (χ2v) is 11.5. The van der Waals surface area contributed by atoms with Gasteiger partial charge in [0.2, 0.25) is 5.91 Å². The average molecular weight is 487 g/mol. The third kappa shape index (κ3) is 5.21. The molecular weight excluding hydrogens is 444 g/mol. The van der Waals surface area contributed by atoms with Gasteiger partial charge < -0.3 is 19.8 Å². The van der Waals surface area contributed by atoms with Gasteiger partial charge in [0.25, 0.3) is 0 Å². The van der Waals surface area contributed by atoms with Crippen LogP contribution in [0.4, 0.5) is 10.5 Å². The number of nitrogens with one attached hydrogen (secondary N) is 1. The Bertz CT molecular complexity index is 899. The SMILES string of the molecule is Cc1ccc(NC(=O)OC2CCC3(C)C(CC(=O)N4CCCCC4)C(O)CCC3C2(C)CO)cc1. The number of amides is 2. The highest BCUT2D eigenvalue weighted by molar-refractivity contribution is 5.84. The number of aliphatic hydroxyl groups is 2. The summed E-state index contributed by atoms with van der Waals surface area (Å²) in [5.41, 5.74) is 0.818. The molecule has 2 saturated carbocycles. The lowest BCUT2D eigenvalue weighted by atomic mass is 9.46. The van der Waals surface area contributed by atoms with Crippen molar-refractivity contribution in [2.24, 2.45) is 22.7 Å². The minimum atomic E-state index is -0.649. The van der Waals surface area contributed by atoms with Crippen molar-refractivity contribution >= 4 is 17.7 Å². The fraction of sp³-hybridized carbons (Fsp3) is 0.714. The van der Waals surface area contributed by atoms with Crippen molar-refractivity contribution in [3.63, 3.8) is 0 Å². The zero-order valence-electron chi connectivity index (χ0n) is 21.5. The molecule has 6 unspecified atom stereocenters. The molecule has 2 amide bonds. The first kappa shape index (κ1) is 26.0. The topological polar surface area (TPSA) is 99.1 Å². The lowest BCUT2D eigenvalue weighted by molar-refractivity contribution is -0.186. The Balaban J connectivity index is 1.48. The number of nitrogens with zero attached hydrogens (tertiary/aromatic N) is 1. The number of carbonyl (C=O) groups is 2. The van der Waals surface area contributed by atoms with Crippen LogP contribution in [0.1, 0.15) is 70.8 Å². The van der Waals surface area contributed by atoms with Crippen molar-refractivity contribution in [3.05, 3.63) is 29.8 Å². The first-order valence-electron chi connectivity index (χ1n) is 13.3. The summed E-state index contributed by atoms with van der Waals surface area (Å²) in [5, 5.41) is 24.4. The normalized spacial score (nSPS) is 35.2. The first-order valence-corrected chi connectivity index (χ1v) is 13.3. The van der Waals surface area contributed by atoms with Crippen LogP contribution in [0.5, 0.6) is 0 Å². The van der Waals surface area contributed by atoms with E-state index in [9.17, 15) is 19.8 Å². The fourth-order valence-corrected chi connectivity index (χ4v) is 7.15. The van der Waals surface area contributed by atoms with Gasteiger partial charge in [0, 0.05) is 30.6 Å². The van der Waals surface area contributed by atoms with Gasteiger partial charge in [-0.05, 0) is 81.3 Å². The van der Waals surface area contributed by atoms with Crippen molar-refractivity contribution in [2.45, 2.75) is 84.3 Å². The van der Waals surface area contributed by atoms with Crippen LogP contribution in [0.2, 0.25) is 0 Å². The van der Waals surface area contributed by atoms with Crippen LogP contribution in [0.3, 0.4) is 0 Å². The molecule has 7 nitrogen and oxygen atoms in total. The Hall–Kier alpha value is -2.12. The highest BCUT2D eigenvalue weighted by atomic mass is 16.6. The molecule has 6 atom stereocenters. The van der Waals surface area contributed by atoms with Crippen LogP contribution >= 0.6 is 0 Å². The molecule has 35 heavy (non-hydrogen) atoms. The zero-order chi connectivity index (χ0) is 25.2. The Morgan fingerprint density at radius 1 is 1.09 bits per heavy atom. The molecule has 1 saturated heterocycles. The Morgan fingerprint density at radius 2 is 1.77 bits per heavy atom. The highest BCUT2D eigenvalue weighted by Gasteiger charge is 2.60. The summed E-state index contributed by atoms with van der Waals surface area (Å²) in [5.74, 6) is 0.00884. The molecule has 2 aliphatic carbocycles. The molecule has 194 valence electrons. The van der Waals surface area contributed by atoms with E-state index >= 15 is 0 Å². The summed E-state index contributed by atoms with van der Waals surface area (Å²) < 4.78 is 5.92. The van der Waals surface area contributed by atoms with Crippen LogP contribution in [0.15, 0.2) is 24.3 Å². The van der Waals surface area contributed by atoms with E-state index in [1.807, 2.05) is 43.0 Å². The van der Waals surface area contributed by atoms with E-state index in [2.05, 4.69) is 12.2 Å². The number of fused-ring (bicyclic) bond motifs is 1. The second kappa shape index (κ2) is 10.5. The van der Waals surface area contributed by atoms with Crippen molar-refractivity contribution in [1.29, 1.82) is 0 Å². The molecule has 0 bridgehead atoms. The van der Waals surface area contributed by atoms with E-state index < -0.39 is 23.7 Å². The summed E-state index contributed by atoms with van der Waals surface area (Å²) in [6.07, 6.45) is 4.78. The molecule has 7 heteroatoms. The van der Waals surface area contributed by atoms with E-state index in [1.165, 1.54) is 6.42 Å².